The third-order valence-electron chi connectivity index (χ3n) is 2.79. The van der Waals surface area contributed by atoms with Gasteiger partial charge >= 0.3 is 5.97 Å². The van der Waals surface area contributed by atoms with E-state index in [1.54, 1.807) is 11.4 Å². The Balaban J connectivity index is 2.37. The summed E-state index contributed by atoms with van der Waals surface area (Å²) < 4.78 is 5.21. The standard InChI is InChI=1S/C10H11ClO3S/c11-7-5-8(15-6-7)10(9(12)13)1-3-14-4-2-10/h5-6H,1-4H2,(H,12,13). The number of carboxylic acid groups (broad SMARTS) is 1. The molecule has 3 nitrogen and oxygen atoms in total. The molecule has 2 heterocycles. The van der Waals surface area contributed by atoms with E-state index in [4.69, 9.17) is 16.3 Å². The van der Waals surface area contributed by atoms with E-state index in [1.165, 1.54) is 11.3 Å². The summed E-state index contributed by atoms with van der Waals surface area (Å²) in [6, 6.07) is 1.76. The number of carboxylic acids is 1. The van der Waals surface area contributed by atoms with Gasteiger partial charge in [-0.1, -0.05) is 11.6 Å². The number of thiophene rings is 1. The van der Waals surface area contributed by atoms with Gasteiger partial charge in [0.2, 0.25) is 0 Å². The number of carbonyl (C=O) groups is 1. The molecule has 5 heteroatoms. The van der Waals surface area contributed by atoms with Crippen LogP contribution in [0.4, 0.5) is 0 Å². The minimum absolute atomic E-state index is 0.502. The predicted molar refractivity (Wildman–Crippen MR) is 58.7 cm³/mol. The molecular formula is C10H11ClO3S. The molecule has 1 aromatic rings. The molecule has 1 saturated heterocycles. The topological polar surface area (TPSA) is 46.5 Å². The third kappa shape index (κ3) is 1.89. The van der Waals surface area contributed by atoms with E-state index in [0.717, 1.165) is 4.88 Å². The zero-order valence-corrected chi connectivity index (χ0v) is 9.61. The average molecular weight is 247 g/mol. The molecule has 15 heavy (non-hydrogen) atoms. The van der Waals surface area contributed by atoms with Crippen LogP contribution in [-0.4, -0.2) is 24.3 Å². The molecule has 0 aliphatic carbocycles. The molecule has 0 bridgehead atoms. The number of aliphatic carboxylic acids is 1. The zero-order chi connectivity index (χ0) is 10.9. The van der Waals surface area contributed by atoms with E-state index in [9.17, 15) is 9.90 Å². The molecule has 1 fully saturated rings. The summed E-state index contributed by atoms with van der Waals surface area (Å²) >= 11 is 7.25. The first kappa shape index (κ1) is 10.9. The van der Waals surface area contributed by atoms with Gasteiger partial charge in [0.1, 0.15) is 5.41 Å². The van der Waals surface area contributed by atoms with Crippen LogP contribution in [-0.2, 0) is 14.9 Å². The molecule has 0 radical (unpaired) electrons. The second-order valence-corrected chi connectivity index (χ2v) is 4.98. The van der Waals surface area contributed by atoms with Crippen molar-refractivity contribution < 1.29 is 14.6 Å². The molecule has 1 aromatic heterocycles. The maximum Gasteiger partial charge on any atom is 0.315 e. The number of hydrogen-bond donors (Lipinski definition) is 1. The van der Waals surface area contributed by atoms with Crippen molar-refractivity contribution in [2.45, 2.75) is 18.3 Å². The van der Waals surface area contributed by atoms with Crippen molar-refractivity contribution in [1.29, 1.82) is 0 Å². The SMILES string of the molecule is O=C(O)C1(c2cc(Cl)cs2)CCOCC1. The highest BCUT2D eigenvalue weighted by atomic mass is 35.5. The van der Waals surface area contributed by atoms with E-state index < -0.39 is 11.4 Å². The summed E-state index contributed by atoms with van der Waals surface area (Å²) in [5.41, 5.74) is -0.782. The largest absolute Gasteiger partial charge is 0.481 e. The van der Waals surface area contributed by atoms with Crippen LogP contribution in [0.15, 0.2) is 11.4 Å². The Labute approximate surface area is 96.6 Å². The Morgan fingerprint density at radius 2 is 2.20 bits per heavy atom. The van der Waals surface area contributed by atoms with Gasteiger partial charge in [-0.2, -0.15) is 0 Å². The highest BCUT2D eigenvalue weighted by Crippen LogP contribution is 2.39. The Kier molecular flexibility index (Phi) is 3.00. The van der Waals surface area contributed by atoms with Gasteiger partial charge in [0.25, 0.3) is 0 Å². The fourth-order valence-corrected chi connectivity index (χ4v) is 3.18. The quantitative estimate of drug-likeness (QED) is 0.872. The van der Waals surface area contributed by atoms with Crippen molar-refractivity contribution in [2.75, 3.05) is 13.2 Å². The van der Waals surface area contributed by atoms with Crippen molar-refractivity contribution in [2.24, 2.45) is 0 Å². The summed E-state index contributed by atoms with van der Waals surface area (Å²) in [7, 11) is 0. The fraction of sp³-hybridized carbons (Fsp3) is 0.500. The lowest BCUT2D eigenvalue weighted by atomic mass is 9.79. The van der Waals surface area contributed by atoms with Crippen LogP contribution in [0.25, 0.3) is 0 Å². The van der Waals surface area contributed by atoms with Crippen LogP contribution in [0.2, 0.25) is 5.02 Å². The Bertz CT molecular complexity index is 368. The van der Waals surface area contributed by atoms with Crippen molar-refractivity contribution >= 4 is 28.9 Å². The van der Waals surface area contributed by atoms with E-state index in [1.807, 2.05) is 0 Å². The first-order valence-corrected chi connectivity index (χ1v) is 5.96. The summed E-state index contributed by atoms with van der Waals surface area (Å²) in [6.07, 6.45) is 1.05. The van der Waals surface area contributed by atoms with E-state index in [2.05, 4.69) is 0 Å². The number of hydrogen-bond acceptors (Lipinski definition) is 3. The highest BCUT2D eigenvalue weighted by molar-refractivity contribution is 7.10. The van der Waals surface area contributed by atoms with Gasteiger partial charge in [-0.3, -0.25) is 4.79 Å². The second-order valence-electron chi connectivity index (χ2n) is 3.63. The Morgan fingerprint density at radius 1 is 1.53 bits per heavy atom. The molecular weight excluding hydrogens is 236 g/mol. The van der Waals surface area contributed by atoms with Gasteiger partial charge < -0.3 is 9.84 Å². The first-order chi connectivity index (χ1) is 7.15. The predicted octanol–water partition coefficient (Wildman–Crippen LogP) is 2.53. The van der Waals surface area contributed by atoms with E-state index in [0.29, 0.717) is 31.1 Å². The number of halogens is 1. The van der Waals surface area contributed by atoms with Crippen molar-refractivity contribution in [3.8, 4) is 0 Å². The second kappa shape index (κ2) is 4.12. The van der Waals surface area contributed by atoms with E-state index in [-0.39, 0.29) is 0 Å². The normalized spacial score (nSPS) is 20.1. The molecule has 1 aliphatic rings. The van der Waals surface area contributed by atoms with Crippen LogP contribution >= 0.6 is 22.9 Å². The van der Waals surface area contributed by atoms with Crippen molar-refractivity contribution in [3.63, 3.8) is 0 Å². The summed E-state index contributed by atoms with van der Waals surface area (Å²) in [5.74, 6) is -0.774. The van der Waals surface area contributed by atoms with Crippen LogP contribution in [0, 0.1) is 0 Å². The van der Waals surface area contributed by atoms with Crippen molar-refractivity contribution in [1.82, 2.24) is 0 Å². The van der Waals surface area contributed by atoms with Gasteiger partial charge in [-0.25, -0.2) is 0 Å². The van der Waals surface area contributed by atoms with Gasteiger partial charge in [0.15, 0.2) is 0 Å². The fourth-order valence-electron chi connectivity index (χ4n) is 1.85. The average Bonchev–Trinajstić information content (AvgIpc) is 2.66. The monoisotopic (exact) mass is 246 g/mol. The summed E-state index contributed by atoms with van der Waals surface area (Å²) in [5, 5.41) is 11.7. The van der Waals surface area contributed by atoms with Crippen LogP contribution in [0.5, 0.6) is 0 Å². The third-order valence-corrected chi connectivity index (χ3v) is 4.28. The molecule has 1 aliphatic heterocycles. The molecule has 0 saturated carbocycles. The molecule has 2 rings (SSSR count). The Morgan fingerprint density at radius 3 is 2.67 bits per heavy atom. The maximum atomic E-state index is 11.4. The zero-order valence-electron chi connectivity index (χ0n) is 8.03. The maximum absolute atomic E-state index is 11.4. The van der Waals surface area contributed by atoms with E-state index >= 15 is 0 Å². The lowest BCUT2D eigenvalue weighted by Crippen LogP contribution is -2.40. The smallest absolute Gasteiger partial charge is 0.315 e. The van der Waals surface area contributed by atoms with Crippen LogP contribution in [0.3, 0.4) is 0 Å². The summed E-state index contributed by atoms with van der Waals surface area (Å²) in [6.45, 7) is 1.00. The minimum atomic E-state index is -0.782. The van der Waals surface area contributed by atoms with Crippen molar-refractivity contribution in [3.05, 3.63) is 21.3 Å². The molecule has 0 amide bonds. The van der Waals surface area contributed by atoms with Gasteiger partial charge in [0, 0.05) is 23.5 Å². The van der Waals surface area contributed by atoms with Gasteiger partial charge in [-0.15, -0.1) is 11.3 Å². The minimum Gasteiger partial charge on any atom is -0.481 e. The molecule has 0 spiro atoms. The lowest BCUT2D eigenvalue weighted by Gasteiger charge is -2.32. The Hall–Kier alpha value is -0.580. The lowest BCUT2D eigenvalue weighted by molar-refractivity contribution is -0.147. The van der Waals surface area contributed by atoms with Gasteiger partial charge in [0.05, 0.1) is 5.02 Å². The molecule has 0 unspecified atom stereocenters. The number of ether oxygens (including phenoxy) is 1. The van der Waals surface area contributed by atoms with Gasteiger partial charge in [-0.05, 0) is 18.9 Å². The number of rotatable bonds is 2. The molecule has 82 valence electrons. The molecule has 1 N–H and O–H groups in total. The molecule has 0 aromatic carbocycles. The van der Waals surface area contributed by atoms with Crippen LogP contribution < -0.4 is 0 Å². The summed E-state index contributed by atoms with van der Waals surface area (Å²) in [4.78, 5) is 12.2. The highest BCUT2D eigenvalue weighted by Gasteiger charge is 2.42. The molecule has 0 atom stereocenters. The first-order valence-electron chi connectivity index (χ1n) is 4.71. The van der Waals surface area contributed by atoms with Crippen LogP contribution in [0.1, 0.15) is 17.7 Å².